The molecule has 1 aromatic rings. The molecule has 0 aliphatic carbocycles. The summed E-state index contributed by atoms with van der Waals surface area (Å²) in [6.07, 6.45) is 2.32. The van der Waals surface area contributed by atoms with Gasteiger partial charge < -0.3 is 5.32 Å². The molecule has 0 saturated carbocycles. The SMILES string of the molecule is CCCNC(CCc1cc(F)ccc1[N+](=O)[O-])C(C)C. The van der Waals surface area contributed by atoms with E-state index < -0.39 is 10.7 Å². The number of nitrogens with zero attached hydrogens (tertiary/aromatic N) is 1. The smallest absolute Gasteiger partial charge is 0.272 e. The number of benzene rings is 1. The van der Waals surface area contributed by atoms with Crippen LogP contribution in [0.3, 0.4) is 0 Å². The molecular weight excluding hydrogens is 259 g/mol. The first-order chi connectivity index (χ1) is 9.45. The number of aryl methyl sites for hydroxylation is 1. The summed E-state index contributed by atoms with van der Waals surface area (Å²) >= 11 is 0. The second-order valence-corrected chi connectivity index (χ2v) is 5.37. The summed E-state index contributed by atoms with van der Waals surface area (Å²) in [6, 6.07) is 3.94. The summed E-state index contributed by atoms with van der Waals surface area (Å²) in [6.45, 7) is 7.26. The number of hydrogen-bond donors (Lipinski definition) is 1. The van der Waals surface area contributed by atoms with E-state index in [4.69, 9.17) is 0 Å². The van der Waals surface area contributed by atoms with Crippen LogP contribution in [0.5, 0.6) is 0 Å². The molecule has 0 fully saturated rings. The van der Waals surface area contributed by atoms with Gasteiger partial charge in [-0.05, 0) is 43.9 Å². The normalized spacial score (nSPS) is 12.7. The van der Waals surface area contributed by atoms with Gasteiger partial charge in [0.05, 0.1) is 4.92 Å². The van der Waals surface area contributed by atoms with Crippen molar-refractivity contribution < 1.29 is 9.31 Å². The molecule has 0 aromatic heterocycles. The summed E-state index contributed by atoms with van der Waals surface area (Å²) in [5.41, 5.74) is 0.475. The van der Waals surface area contributed by atoms with E-state index in [0.717, 1.165) is 25.5 Å². The molecular formula is C15H23FN2O2. The van der Waals surface area contributed by atoms with Gasteiger partial charge in [-0.2, -0.15) is 0 Å². The van der Waals surface area contributed by atoms with Crippen LogP contribution in [0.15, 0.2) is 18.2 Å². The molecule has 1 atom stereocenters. The summed E-state index contributed by atoms with van der Waals surface area (Å²) in [5, 5.41) is 14.4. The molecule has 20 heavy (non-hydrogen) atoms. The Hall–Kier alpha value is -1.49. The van der Waals surface area contributed by atoms with Gasteiger partial charge >= 0.3 is 0 Å². The molecule has 1 unspecified atom stereocenters. The minimum atomic E-state index is -0.446. The van der Waals surface area contributed by atoms with Crippen molar-refractivity contribution in [3.05, 3.63) is 39.7 Å². The number of hydrogen-bond acceptors (Lipinski definition) is 3. The summed E-state index contributed by atoms with van der Waals surface area (Å²) in [5.74, 6) is 0.0161. The van der Waals surface area contributed by atoms with Gasteiger partial charge in [-0.1, -0.05) is 20.8 Å². The van der Waals surface area contributed by atoms with Crippen LogP contribution in [0.2, 0.25) is 0 Å². The van der Waals surface area contributed by atoms with E-state index in [0.29, 0.717) is 17.9 Å². The molecule has 0 bridgehead atoms. The van der Waals surface area contributed by atoms with E-state index in [1.807, 2.05) is 0 Å². The van der Waals surface area contributed by atoms with Crippen molar-refractivity contribution in [3.63, 3.8) is 0 Å². The van der Waals surface area contributed by atoms with Gasteiger partial charge in [-0.3, -0.25) is 10.1 Å². The van der Waals surface area contributed by atoms with E-state index in [1.165, 1.54) is 12.1 Å². The predicted molar refractivity (Wildman–Crippen MR) is 78.3 cm³/mol. The fourth-order valence-corrected chi connectivity index (χ4v) is 2.24. The fraction of sp³-hybridized carbons (Fsp3) is 0.600. The minimum Gasteiger partial charge on any atom is -0.314 e. The number of nitrogens with one attached hydrogen (secondary N) is 1. The Morgan fingerprint density at radius 1 is 1.40 bits per heavy atom. The molecule has 0 radical (unpaired) electrons. The van der Waals surface area contributed by atoms with Crippen LogP contribution in [-0.4, -0.2) is 17.5 Å². The maximum Gasteiger partial charge on any atom is 0.272 e. The first-order valence-electron chi connectivity index (χ1n) is 7.11. The fourth-order valence-electron chi connectivity index (χ4n) is 2.24. The van der Waals surface area contributed by atoms with Crippen molar-refractivity contribution in [2.45, 2.75) is 46.1 Å². The maximum atomic E-state index is 13.3. The maximum absolute atomic E-state index is 13.3. The minimum absolute atomic E-state index is 0.00407. The molecule has 1 rings (SSSR count). The lowest BCUT2D eigenvalue weighted by atomic mass is 9.96. The second-order valence-electron chi connectivity index (χ2n) is 5.37. The van der Waals surface area contributed by atoms with Crippen LogP contribution in [0, 0.1) is 21.8 Å². The molecule has 1 aromatic carbocycles. The lowest BCUT2D eigenvalue weighted by Gasteiger charge is -2.22. The Labute approximate surface area is 119 Å². The van der Waals surface area contributed by atoms with Crippen molar-refractivity contribution in [2.75, 3.05) is 6.54 Å². The standard InChI is InChI=1S/C15H23FN2O2/c1-4-9-17-14(11(2)3)7-5-12-10-13(16)6-8-15(12)18(19)20/h6,8,10-11,14,17H,4-5,7,9H2,1-3H3. The predicted octanol–water partition coefficient (Wildman–Crippen LogP) is 3.69. The van der Waals surface area contributed by atoms with E-state index in [9.17, 15) is 14.5 Å². The molecule has 0 aliphatic heterocycles. The molecule has 0 heterocycles. The third kappa shape index (κ3) is 4.89. The van der Waals surface area contributed by atoms with Crippen molar-refractivity contribution in [2.24, 2.45) is 5.92 Å². The van der Waals surface area contributed by atoms with E-state index in [1.54, 1.807) is 0 Å². The zero-order valence-electron chi connectivity index (χ0n) is 12.4. The Morgan fingerprint density at radius 3 is 2.65 bits per heavy atom. The number of nitro groups is 1. The summed E-state index contributed by atoms with van der Waals surface area (Å²) < 4.78 is 13.3. The van der Waals surface area contributed by atoms with Gasteiger partial charge in [0.2, 0.25) is 0 Å². The molecule has 1 N–H and O–H groups in total. The third-order valence-electron chi connectivity index (χ3n) is 3.42. The van der Waals surface area contributed by atoms with Crippen LogP contribution in [0.25, 0.3) is 0 Å². The van der Waals surface area contributed by atoms with Gasteiger partial charge in [0, 0.05) is 17.7 Å². The van der Waals surface area contributed by atoms with Crippen molar-refractivity contribution in [1.82, 2.24) is 5.32 Å². The zero-order chi connectivity index (χ0) is 15.1. The number of rotatable bonds is 8. The highest BCUT2D eigenvalue weighted by Crippen LogP contribution is 2.22. The van der Waals surface area contributed by atoms with E-state index >= 15 is 0 Å². The molecule has 4 nitrogen and oxygen atoms in total. The quantitative estimate of drug-likeness (QED) is 0.584. The van der Waals surface area contributed by atoms with Crippen LogP contribution in [0.4, 0.5) is 10.1 Å². The number of halogens is 1. The van der Waals surface area contributed by atoms with Crippen molar-refractivity contribution in [1.29, 1.82) is 0 Å². The van der Waals surface area contributed by atoms with Crippen LogP contribution >= 0.6 is 0 Å². The highest BCUT2D eigenvalue weighted by molar-refractivity contribution is 5.40. The summed E-state index contributed by atoms with van der Waals surface area (Å²) in [7, 11) is 0. The molecule has 112 valence electrons. The molecule has 0 amide bonds. The van der Waals surface area contributed by atoms with Crippen LogP contribution in [-0.2, 0) is 6.42 Å². The van der Waals surface area contributed by atoms with Crippen LogP contribution < -0.4 is 5.32 Å². The average molecular weight is 282 g/mol. The molecule has 5 heteroatoms. The molecule has 0 spiro atoms. The van der Waals surface area contributed by atoms with Crippen molar-refractivity contribution >= 4 is 5.69 Å². The van der Waals surface area contributed by atoms with Gasteiger partial charge in [0.15, 0.2) is 0 Å². The van der Waals surface area contributed by atoms with Gasteiger partial charge in [-0.25, -0.2) is 4.39 Å². The average Bonchev–Trinajstić information content (AvgIpc) is 2.38. The zero-order valence-corrected chi connectivity index (χ0v) is 12.4. The van der Waals surface area contributed by atoms with Gasteiger partial charge in [0.1, 0.15) is 5.82 Å². The van der Waals surface area contributed by atoms with Crippen LogP contribution in [0.1, 0.15) is 39.2 Å². The molecule has 0 saturated heterocycles. The lowest BCUT2D eigenvalue weighted by Crippen LogP contribution is -2.34. The van der Waals surface area contributed by atoms with Gasteiger partial charge in [-0.15, -0.1) is 0 Å². The Bertz CT molecular complexity index is 449. The molecule has 0 aliphatic rings. The van der Waals surface area contributed by atoms with Gasteiger partial charge in [0.25, 0.3) is 5.69 Å². The number of nitro benzene ring substituents is 1. The topological polar surface area (TPSA) is 55.2 Å². The Kier molecular flexibility index (Phi) is 6.58. The third-order valence-corrected chi connectivity index (χ3v) is 3.42. The Morgan fingerprint density at radius 2 is 2.10 bits per heavy atom. The first kappa shape index (κ1) is 16.6. The van der Waals surface area contributed by atoms with Crippen molar-refractivity contribution in [3.8, 4) is 0 Å². The van der Waals surface area contributed by atoms with E-state index in [-0.39, 0.29) is 11.7 Å². The highest BCUT2D eigenvalue weighted by Gasteiger charge is 2.18. The monoisotopic (exact) mass is 282 g/mol. The Balaban J connectivity index is 2.76. The highest BCUT2D eigenvalue weighted by atomic mass is 19.1. The second kappa shape index (κ2) is 7.94. The summed E-state index contributed by atoms with van der Waals surface area (Å²) in [4.78, 5) is 10.5. The lowest BCUT2D eigenvalue weighted by molar-refractivity contribution is -0.385. The van der Waals surface area contributed by atoms with E-state index in [2.05, 4.69) is 26.1 Å². The first-order valence-corrected chi connectivity index (χ1v) is 7.11. The largest absolute Gasteiger partial charge is 0.314 e.